The molecule has 0 saturated carbocycles. The molecule has 18 heavy (non-hydrogen) atoms. The summed E-state index contributed by atoms with van der Waals surface area (Å²) < 4.78 is 0. The average Bonchev–Trinajstić information content (AvgIpc) is 2.23. The fraction of sp³-hybridized carbons (Fsp3) is 0.647. The molecule has 0 atom stereocenters. The Balaban J connectivity index is 2.64. The van der Waals surface area contributed by atoms with E-state index >= 15 is 0 Å². The van der Waals surface area contributed by atoms with Crippen molar-refractivity contribution in [3.8, 4) is 0 Å². The molecular formula is C17H29N. The molecule has 102 valence electrons. The van der Waals surface area contributed by atoms with Gasteiger partial charge in [0.1, 0.15) is 0 Å². The zero-order valence-electron chi connectivity index (χ0n) is 12.9. The molecule has 1 heteroatoms. The topological polar surface area (TPSA) is 12.0 Å². The van der Waals surface area contributed by atoms with Crippen molar-refractivity contribution in [3.05, 3.63) is 34.9 Å². The highest BCUT2D eigenvalue weighted by molar-refractivity contribution is 5.34. The molecule has 1 aromatic rings. The summed E-state index contributed by atoms with van der Waals surface area (Å²) in [6.07, 6.45) is 1.15. The van der Waals surface area contributed by atoms with E-state index in [0.29, 0.717) is 5.41 Å². The largest absolute Gasteiger partial charge is 0.316 e. The summed E-state index contributed by atoms with van der Waals surface area (Å²) in [5.41, 5.74) is 4.68. The van der Waals surface area contributed by atoms with Crippen LogP contribution in [0, 0.1) is 25.2 Å². The van der Waals surface area contributed by atoms with E-state index in [1.807, 2.05) is 0 Å². The molecule has 0 heterocycles. The third kappa shape index (κ3) is 4.81. The Hall–Kier alpha value is -0.820. The van der Waals surface area contributed by atoms with Crippen molar-refractivity contribution in [2.45, 2.75) is 48.0 Å². The lowest BCUT2D eigenvalue weighted by molar-refractivity contribution is 0.329. The number of hydrogen-bond donors (Lipinski definition) is 1. The summed E-state index contributed by atoms with van der Waals surface area (Å²) >= 11 is 0. The summed E-state index contributed by atoms with van der Waals surface area (Å²) in [7, 11) is 0. The highest BCUT2D eigenvalue weighted by Gasteiger charge is 2.20. The minimum absolute atomic E-state index is 0.311. The van der Waals surface area contributed by atoms with Crippen molar-refractivity contribution in [1.29, 1.82) is 0 Å². The van der Waals surface area contributed by atoms with Crippen LogP contribution in [-0.2, 0) is 6.42 Å². The van der Waals surface area contributed by atoms with E-state index in [-0.39, 0.29) is 0 Å². The zero-order chi connectivity index (χ0) is 13.8. The van der Waals surface area contributed by atoms with Crippen molar-refractivity contribution in [2.75, 3.05) is 13.1 Å². The summed E-state index contributed by atoms with van der Waals surface area (Å²) in [6.45, 7) is 15.9. The molecule has 1 N–H and O–H groups in total. The first-order chi connectivity index (χ1) is 8.32. The third-order valence-corrected chi connectivity index (χ3v) is 3.46. The third-order valence-electron chi connectivity index (χ3n) is 3.46. The number of aryl methyl sites for hydroxylation is 2. The van der Waals surface area contributed by atoms with Gasteiger partial charge >= 0.3 is 0 Å². The lowest BCUT2D eigenvalue weighted by Crippen LogP contribution is -2.33. The van der Waals surface area contributed by atoms with Gasteiger partial charge in [0, 0.05) is 6.54 Å². The first-order valence-electron chi connectivity index (χ1n) is 7.07. The van der Waals surface area contributed by atoms with Crippen molar-refractivity contribution in [1.82, 2.24) is 5.32 Å². The van der Waals surface area contributed by atoms with E-state index in [1.54, 1.807) is 0 Å². The van der Waals surface area contributed by atoms with Crippen molar-refractivity contribution in [2.24, 2.45) is 11.3 Å². The van der Waals surface area contributed by atoms with E-state index in [0.717, 1.165) is 25.4 Å². The SMILES string of the molecule is Cc1cccc(C)c1CC(C)(C)CNCC(C)C. The molecule has 1 aromatic carbocycles. The monoisotopic (exact) mass is 247 g/mol. The number of rotatable bonds is 6. The maximum Gasteiger partial charge on any atom is 0.000582 e. The van der Waals surface area contributed by atoms with Gasteiger partial charge in [0.2, 0.25) is 0 Å². The standard InChI is InChI=1S/C17H29N/c1-13(2)11-18-12-17(5,6)10-16-14(3)8-7-9-15(16)4/h7-9,13,18H,10-12H2,1-6H3. The highest BCUT2D eigenvalue weighted by atomic mass is 14.9. The molecule has 0 aliphatic rings. The molecule has 1 nitrogen and oxygen atoms in total. The number of nitrogens with one attached hydrogen (secondary N) is 1. The Bertz CT molecular complexity index is 357. The number of benzene rings is 1. The second-order valence-electron chi connectivity index (χ2n) is 6.74. The molecule has 0 unspecified atom stereocenters. The van der Waals surface area contributed by atoms with Gasteiger partial charge in [-0.2, -0.15) is 0 Å². The molecule has 0 aliphatic heterocycles. The Morgan fingerprint density at radius 1 is 1.11 bits per heavy atom. The second kappa shape index (κ2) is 6.38. The molecule has 0 radical (unpaired) electrons. The van der Waals surface area contributed by atoms with Gasteiger partial charge in [-0.1, -0.05) is 45.9 Å². The van der Waals surface area contributed by atoms with Gasteiger partial charge in [-0.25, -0.2) is 0 Å². The molecule has 0 spiro atoms. The Morgan fingerprint density at radius 2 is 1.67 bits per heavy atom. The maximum atomic E-state index is 3.58. The van der Waals surface area contributed by atoms with Gasteiger partial charge in [0.05, 0.1) is 0 Å². The summed E-state index contributed by atoms with van der Waals surface area (Å²) in [5, 5.41) is 3.58. The van der Waals surface area contributed by atoms with Crippen LogP contribution in [0.5, 0.6) is 0 Å². The predicted octanol–water partition coefficient (Wildman–Crippen LogP) is 4.12. The van der Waals surface area contributed by atoms with E-state index in [2.05, 4.69) is 65.1 Å². The Labute approximate surface area is 113 Å². The first kappa shape index (κ1) is 15.2. The van der Waals surface area contributed by atoms with Crippen LogP contribution in [0.3, 0.4) is 0 Å². The smallest absolute Gasteiger partial charge is 0.000582 e. The van der Waals surface area contributed by atoms with E-state index < -0.39 is 0 Å². The van der Waals surface area contributed by atoms with Gasteiger partial charge in [-0.15, -0.1) is 0 Å². The summed E-state index contributed by atoms with van der Waals surface area (Å²) in [5.74, 6) is 0.723. The van der Waals surface area contributed by atoms with Crippen LogP contribution in [-0.4, -0.2) is 13.1 Å². The van der Waals surface area contributed by atoms with Crippen molar-refractivity contribution in [3.63, 3.8) is 0 Å². The first-order valence-corrected chi connectivity index (χ1v) is 7.07. The van der Waals surface area contributed by atoms with E-state index in [4.69, 9.17) is 0 Å². The second-order valence-corrected chi connectivity index (χ2v) is 6.74. The van der Waals surface area contributed by atoms with Gasteiger partial charge in [-0.05, 0) is 54.8 Å². The van der Waals surface area contributed by atoms with Crippen LogP contribution in [0.15, 0.2) is 18.2 Å². The Kier molecular flexibility index (Phi) is 5.40. The highest BCUT2D eigenvalue weighted by Crippen LogP contribution is 2.25. The van der Waals surface area contributed by atoms with Crippen LogP contribution >= 0.6 is 0 Å². The molecule has 0 aromatic heterocycles. The number of hydrogen-bond acceptors (Lipinski definition) is 1. The normalized spacial score (nSPS) is 12.2. The molecule has 0 saturated heterocycles. The van der Waals surface area contributed by atoms with Gasteiger partial charge in [0.25, 0.3) is 0 Å². The van der Waals surface area contributed by atoms with Crippen LogP contribution in [0.1, 0.15) is 44.4 Å². The fourth-order valence-corrected chi connectivity index (χ4v) is 2.37. The van der Waals surface area contributed by atoms with Crippen molar-refractivity contribution >= 4 is 0 Å². The predicted molar refractivity (Wildman–Crippen MR) is 81.1 cm³/mol. The molecule has 0 fully saturated rings. The van der Waals surface area contributed by atoms with Crippen LogP contribution in [0.2, 0.25) is 0 Å². The van der Waals surface area contributed by atoms with Crippen LogP contribution < -0.4 is 5.32 Å². The van der Waals surface area contributed by atoms with Crippen molar-refractivity contribution < 1.29 is 0 Å². The lowest BCUT2D eigenvalue weighted by atomic mass is 9.82. The summed E-state index contributed by atoms with van der Waals surface area (Å²) in [4.78, 5) is 0. The summed E-state index contributed by atoms with van der Waals surface area (Å²) in [6, 6.07) is 6.60. The molecule has 0 amide bonds. The fourth-order valence-electron chi connectivity index (χ4n) is 2.37. The van der Waals surface area contributed by atoms with Crippen LogP contribution in [0.4, 0.5) is 0 Å². The molecule has 1 rings (SSSR count). The zero-order valence-corrected chi connectivity index (χ0v) is 12.9. The maximum absolute atomic E-state index is 3.58. The van der Waals surface area contributed by atoms with Gasteiger partial charge in [0.15, 0.2) is 0 Å². The van der Waals surface area contributed by atoms with E-state index in [1.165, 1.54) is 16.7 Å². The lowest BCUT2D eigenvalue weighted by Gasteiger charge is -2.27. The quantitative estimate of drug-likeness (QED) is 0.797. The Morgan fingerprint density at radius 3 is 2.17 bits per heavy atom. The van der Waals surface area contributed by atoms with Crippen LogP contribution in [0.25, 0.3) is 0 Å². The molecular weight excluding hydrogens is 218 g/mol. The average molecular weight is 247 g/mol. The molecule has 0 aliphatic carbocycles. The van der Waals surface area contributed by atoms with Gasteiger partial charge in [-0.3, -0.25) is 0 Å². The minimum atomic E-state index is 0.311. The minimum Gasteiger partial charge on any atom is -0.316 e. The molecule has 0 bridgehead atoms. The van der Waals surface area contributed by atoms with E-state index in [9.17, 15) is 0 Å². The van der Waals surface area contributed by atoms with Gasteiger partial charge < -0.3 is 5.32 Å².